The van der Waals surface area contributed by atoms with Gasteiger partial charge in [-0.2, -0.15) is 0 Å². The fraction of sp³-hybridized carbons (Fsp3) is 0.385. The molecule has 0 radical (unpaired) electrons. The van der Waals surface area contributed by atoms with Gasteiger partial charge < -0.3 is 10.4 Å². The summed E-state index contributed by atoms with van der Waals surface area (Å²) in [6.07, 6.45) is 4.55. The first kappa shape index (κ1) is 13.6. The molecule has 1 aromatic carbocycles. The second-order valence-electron chi connectivity index (χ2n) is 3.90. The Kier molecular flexibility index (Phi) is 5.08. The average Bonchev–Trinajstić information content (AvgIpc) is 2.29. The number of aliphatic hydroxyl groups excluding tert-OH is 1. The molecule has 1 rings (SSSR count). The maximum Gasteiger partial charge on any atom is 0.129 e. The van der Waals surface area contributed by atoms with Crippen molar-refractivity contribution >= 4 is 0 Å². The van der Waals surface area contributed by atoms with E-state index in [1.807, 2.05) is 6.92 Å². The Labute approximate surface area is 99.7 Å². The SMILES string of the molecule is C#CCC(C)NCC(O)c1cc(F)ccc1F. The molecule has 0 aliphatic heterocycles. The van der Waals surface area contributed by atoms with Crippen LogP contribution in [0.4, 0.5) is 8.78 Å². The van der Waals surface area contributed by atoms with Crippen LogP contribution in [0.3, 0.4) is 0 Å². The van der Waals surface area contributed by atoms with E-state index in [-0.39, 0.29) is 18.2 Å². The minimum Gasteiger partial charge on any atom is -0.387 e. The average molecular weight is 239 g/mol. The smallest absolute Gasteiger partial charge is 0.129 e. The molecule has 0 aromatic heterocycles. The summed E-state index contributed by atoms with van der Waals surface area (Å²) >= 11 is 0. The highest BCUT2D eigenvalue weighted by Gasteiger charge is 2.14. The lowest BCUT2D eigenvalue weighted by molar-refractivity contribution is 0.166. The zero-order valence-electron chi connectivity index (χ0n) is 9.58. The van der Waals surface area contributed by atoms with Gasteiger partial charge in [0.1, 0.15) is 11.6 Å². The van der Waals surface area contributed by atoms with Crippen molar-refractivity contribution in [3.8, 4) is 12.3 Å². The predicted octanol–water partition coefficient (Wildman–Crippen LogP) is 2.00. The number of aliphatic hydroxyl groups is 1. The third-order valence-corrected chi connectivity index (χ3v) is 2.40. The van der Waals surface area contributed by atoms with Crippen LogP contribution >= 0.6 is 0 Å². The van der Waals surface area contributed by atoms with Crippen LogP contribution in [0.2, 0.25) is 0 Å². The molecule has 0 spiro atoms. The first-order valence-corrected chi connectivity index (χ1v) is 5.34. The third-order valence-electron chi connectivity index (χ3n) is 2.40. The first-order valence-electron chi connectivity index (χ1n) is 5.34. The third kappa shape index (κ3) is 4.14. The van der Waals surface area contributed by atoms with Crippen LogP contribution < -0.4 is 5.32 Å². The Hall–Kier alpha value is -1.44. The summed E-state index contributed by atoms with van der Waals surface area (Å²) in [5.74, 6) is 1.28. The van der Waals surface area contributed by atoms with Gasteiger partial charge in [0.15, 0.2) is 0 Å². The lowest BCUT2D eigenvalue weighted by atomic mass is 10.1. The minimum atomic E-state index is -1.09. The number of halogens is 2. The van der Waals surface area contributed by atoms with Crippen LogP contribution in [0.15, 0.2) is 18.2 Å². The molecule has 0 aliphatic carbocycles. The topological polar surface area (TPSA) is 32.3 Å². The molecule has 0 aliphatic rings. The highest BCUT2D eigenvalue weighted by Crippen LogP contribution is 2.17. The molecular weight excluding hydrogens is 224 g/mol. The van der Waals surface area contributed by atoms with E-state index in [1.54, 1.807) is 0 Å². The normalized spacial score (nSPS) is 14.1. The highest BCUT2D eigenvalue weighted by molar-refractivity contribution is 5.21. The molecule has 0 saturated carbocycles. The number of nitrogens with one attached hydrogen (secondary N) is 1. The van der Waals surface area contributed by atoms with Gasteiger partial charge in [-0.3, -0.25) is 0 Å². The molecule has 2 N–H and O–H groups in total. The molecule has 0 saturated heterocycles. The van der Waals surface area contributed by atoms with Gasteiger partial charge >= 0.3 is 0 Å². The van der Waals surface area contributed by atoms with E-state index < -0.39 is 17.7 Å². The lowest BCUT2D eigenvalue weighted by Gasteiger charge is -2.16. The van der Waals surface area contributed by atoms with Crippen molar-refractivity contribution in [3.63, 3.8) is 0 Å². The molecule has 0 heterocycles. The number of benzene rings is 1. The molecule has 2 unspecified atom stereocenters. The zero-order chi connectivity index (χ0) is 12.8. The zero-order valence-corrected chi connectivity index (χ0v) is 9.58. The molecule has 17 heavy (non-hydrogen) atoms. The fourth-order valence-electron chi connectivity index (χ4n) is 1.44. The van der Waals surface area contributed by atoms with Crippen LogP contribution in [-0.4, -0.2) is 17.7 Å². The van der Waals surface area contributed by atoms with Crippen LogP contribution in [0.1, 0.15) is 25.0 Å². The van der Waals surface area contributed by atoms with Crippen LogP contribution in [-0.2, 0) is 0 Å². The van der Waals surface area contributed by atoms with E-state index in [2.05, 4.69) is 11.2 Å². The predicted molar refractivity (Wildman–Crippen MR) is 62.2 cm³/mol. The molecule has 0 fully saturated rings. The standard InChI is InChI=1S/C13H15F2NO/c1-3-4-9(2)16-8-13(17)11-7-10(14)5-6-12(11)15/h1,5-7,9,13,16-17H,4,8H2,2H3. The van der Waals surface area contributed by atoms with Crippen LogP contribution in [0.5, 0.6) is 0 Å². The number of hydrogen-bond acceptors (Lipinski definition) is 2. The summed E-state index contributed by atoms with van der Waals surface area (Å²) in [6.45, 7) is 1.98. The van der Waals surface area contributed by atoms with E-state index in [1.165, 1.54) is 0 Å². The Balaban J connectivity index is 2.61. The van der Waals surface area contributed by atoms with E-state index in [9.17, 15) is 13.9 Å². The second-order valence-corrected chi connectivity index (χ2v) is 3.90. The summed E-state index contributed by atoms with van der Waals surface area (Å²) in [7, 11) is 0. The Bertz CT molecular complexity index is 414. The highest BCUT2D eigenvalue weighted by atomic mass is 19.1. The fourth-order valence-corrected chi connectivity index (χ4v) is 1.44. The maximum atomic E-state index is 13.3. The first-order chi connectivity index (χ1) is 8.04. The molecule has 1 aromatic rings. The summed E-state index contributed by atoms with van der Waals surface area (Å²) in [5, 5.41) is 12.7. The van der Waals surface area contributed by atoms with Gasteiger partial charge in [-0.1, -0.05) is 0 Å². The number of rotatable bonds is 5. The summed E-state index contributed by atoms with van der Waals surface area (Å²) in [6, 6.07) is 3.03. The van der Waals surface area contributed by atoms with Crippen LogP contribution in [0.25, 0.3) is 0 Å². The second kappa shape index (κ2) is 6.33. The Morgan fingerprint density at radius 1 is 1.47 bits per heavy atom. The van der Waals surface area contributed by atoms with Crippen molar-refractivity contribution in [1.29, 1.82) is 0 Å². The Morgan fingerprint density at radius 2 is 2.18 bits per heavy atom. The summed E-state index contributed by atoms with van der Waals surface area (Å²) in [5.41, 5.74) is -0.0505. The number of terminal acetylenes is 1. The van der Waals surface area contributed by atoms with E-state index in [4.69, 9.17) is 6.42 Å². The molecular formula is C13H15F2NO. The van der Waals surface area contributed by atoms with E-state index in [0.717, 1.165) is 18.2 Å². The summed E-state index contributed by atoms with van der Waals surface area (Å²) < 4.78 is 26.2. The van der Waals surface area contributed by atoms with Gasteiger partial charge in [0.2, 0.25) is 0 Å². The van der Waals surface area contributed by atoms with Crippen molar-refractivity contribution in [1.82, 2.24) is 5.32 Å². The maximum absolute atomic E-state index is 13.3. The largest absolute Gasteiger partial charge is 0.387 e. The molecule has 0 amide bonds. The van der Waals surface area contributed by atoms with E-state index >= 15 is 0 Å². The summed E-state index contributed by atoms with van der Waals surface area (Å²) in [4.78, 5) is 0. The van der Waals surface area contributed by atoms with Crippen molar-refractivity contribution < 1.29 is 13.9 Å². The van der Waals surface area contributed by atoms with Gasteiger partial charge in [-0.05, 0) is 25.1 Å². The van der Waals surface area contributed by atoms with Gasteiger partial charge in [0, 0.05) is 24.6 Å². The van der Waals surface area contributed by atoms with Crippen molar-refractivity contribution in [3.05, 3.63) is 35.4 Å². The van der Waals surface area contributed by atoms with Crippen molar-refractivity contribution in [2.45, 2.75) is 25.5 Å². The lowest BCUT2D eigenvalue weighted by Crippen LogP contribution is -2.30. The van der Waals surface area contributed by atoms with Crippen LogP contribution in [0, 0.1) is 24.0 Å². The van der Waals surface area contributed by atoms with Gasteiger partial charge in [-0.25, -0.2) is 8.78 Å². The quantitative estimate of drug-likeness (QED) is 0.770. The molecule has 2 nitrogen and oxygen atoms in total. The van der Waals surface area contributed by atoms with Gasteiger partial charge in [0.05, 0.1) is 6.10 Å². The van der Waals surface area contributed by atoms with Crippen molar-refractivity contribution in [2.24, 2.45) is 0 Å². The minimum absolute atomic E-state index is 0.0197. The van der Waals surface area contributed by atoms with Gasteiger partial charge in [0.25, 0.3) is 0 Å². The Morgan fingerprint density at radius 3 is 2.82 bits per heavy atom. The van der Waals surface area contributed by atoms with E-state index in [0.29, 0.717) is 6.42 Å². The molecule has 2 atom stereocenters. The monoisotopic (exact) mass is 239 g/mol. The number of hydrogen-bond donors (Lipinski definition) is 2. The molecule has 0 bridgehead atoms. The molecule has 92 valence electrons. The molecule has 4 heteroatoms. The van der Waals surface area contributed by atoms with Gasteiger partial charge in [-0.15, -0.1) is 12.3 Å². The van der Waals surface area contributed by atoms with Crippen molar-refractivity contribution in [2.75, 3.05) is 6.54 Å².